The second-order valence-corrected chi connectivity index (χ2v) is 9.37. The molecule has 1 heterocycles. The van der Waals surface area contributed by atoms with Gasteiger partial charge in [-0.2, -0.15) is 5.10 Å². The number of halogens is 1. The maximum Gasteiger partial charge on any atom is 0.269 e. The SMILES string of the molecule is CCCCCN(CC(=O)Nc1cc(-c2ccccc2)nn1-c1ccc(F)cc1)C(=O)/C=C/c1ccc([N+](=O)[O-])cc1. The van der Waals surface area contributed by atoms with Crippen LogP contribution in [0.5, 0.6) is 0 Å². The van der Waals surface area contributed by atoms with Gasteiger partial charge in [0.1, 0.15) is 18.2 Å². The van der Waals surface area contributed by atoms with Gasteiger partial charge in [0, 0.05) is 36.4 Å². The Bertz CT molecular complexity index is 1520. The summed E-state index contributed by atoms with van der Waals surface area (Å²) in [6.45, 7) is 2.24. The molecule has 2 amide bonds. The summed E-state index contributed by atoms with van der Waals surface area (Å²) in [6, 6.07) is 22.8. The van der Waals surface area contributed by atoms with Crippen LogP contribution in [0.25, 0.3) is 23.0 Å². The average Bonchev–Trinajstić information content (AvgIpc) is 3.40. The molecule has 0 spiro atoms. The van der Waals surface area contributed by atoms with E-state index in [1.807, 2.05) is 37.3 Å². The van der Waals surface area contributed by atoms with Gasteiger partial charge in [0.25, 0.3) is 5.69 Å². The second-order valence-electron chi connectivity index (χ2n) is 9.37. The Balaban J connectivity index is 1.53. The quantitative estimate of drug-likeness (QED) is 0.0961. The van der Waals surface area contributed by atoms with Gasteiger partial charge in [-0.1, -0.05) is 50.1 Å². The molecule has 0 saturated heterocycles. The third-order valence-electron chi connectivity index (χ3n) is 6.32. The van der Waals surface area contributed by atoms with Gasteiger partial charge in [-0.3, -0.25) is 19.7 Å². The zero-order valence-electron chi connectivity index (χ0n) is 22.6. The Kier molecular flexibility index (Phi) is 9.71. The number of anilines is 1. The molecule has 0 aliphatic heterocycles. The van der Waals surface area contributed by atoms with E-state index in [-0.39, 0.29) is 18.1 Å². The topological polar surface area (TPSA) is 110 Å². The zero-order valence-corrected chi connectivity index (χ0v) is 22.6. The van der Waals surface area contributed by atoms with Crippen molar-refractivity contribution < 1.29 is 18.9 Å². The molecule has 4 aromatic rings. The van der Waals surface area contributed by atoms with Crippen LogP contribution in [0.3, 0.4) is 0 Å². The highest BCUT2D eigenvalue weighted by Gasteiger charge is 2.18. The number of aromatic nitrogens is 2. The van der Waals surface area contributed by atoms with Crippen molar-refractivity contribution in [2.45, 2.75) is 26.2 Å². The number of hydrogen-bond acceptors (Lipinski definition) is 5. The van der Waals surface area contributed by atoms with Crippen molar-refractivity contribution in [3.05, 3.63) is 113 Å². The smallest absolute Gasteiger partial charge is 0.269 e. The van der Waals surface area contributed by atoms with Crippen molar-refractivity contribution in [1.82, 2.24) is 14.7 Å². The van der Waals surface area contributed by atoms with Crippen LogP contribution in [0.15, 0.2) is 91.0 Å². The fourth-order valence-electron chi connectivity index (χ4n) is 4.15. The molecule has 1 N–H and O–H groups in total. The van der Waals surface area contributed by atoms with Crippen LogP contribution in [0.1, 0.15) is 31.7 Å². The summed E-state index contributed by atoms with van der Waals surface area (Å²) in [5.74, 6) is -0.784. The normalized spacial score (nSPS) is 11.0. The highest BCUT2D eigenvalue weighted by atomic mass is 19.1. The number of non-ortho nitro benzene ring substituents is 1. The number of carbonyl (C=O) groups excluding carboxylic acids is 2. The molecule has 9 nitrogen and oxygen atoms in total. The molecule has 10 heteroatoms. The van der Waals surface area contributed by atoms with Crippen LogP contribution in [0.4, 0.5) is 15.9 Å². The number of benzene rings is 3. The fourth-order valence-corrected chi connectivity index (χ4v) is 4.15. The Hall–Kier alpha value is -5.12. The van der Waals surface area contributed by atoms with Gasteiger partial charge in [-0.15, -0.1) is 0 Å². The molecule has 1 aromatic heterocycles. The summed E-state index contributed by atoms with van der Waals surface area (Å²) < 4.78 is 15.1. The Morgan fingerprint density at radius 2 is 1.73 bits per heavy atom. The van der Waals surface area contributed by atoms with E-state index in [1.54, 1.807) is 36.4 Å². The lowest BCUT2D eigenvalue weighted by atomic mass is 10.1. The van der Waals surface area contributed by atoms with E-state index >= 15 is 0 Å². The molecular formula is C31H30FN5O4. The lowest BCUT2D eigenvalue weighted by Crippen LogP contribution is -2.38. The molecular weight excluding hydrogens is 525 g/mol. The fraction of sp³-hybridized carbons (Fsp3) is 0.194. The molecule has 0 aliphatic rings. The predicted octanol–water partition coefficient (Wildman–Crippen LogP) is 6.26. The largest absolute Gasteiger partial charge is 0.330 e. The molecule has 0 aliphatic carbocycles. The number of amides is 2. The first-order valence-corrected chi connectivity index (χ1v) is 13.3. The third kappa shape index (κ3) is 7.95. The molecule has 0 atom stereocenters. The Labute approximate surface area is 237 Å². The van der Waals surface area contributed by atoms with Crippen LogP contribution in [0, 0.1) is 15.9 Å². The van der Waals surface area contributed by atoms with Gasteiger partial charge in [-0.05, 0) is 54.5 Å². The van der Waals surface area contributed by atoms with E-state index in [4.69, 9.17) is 0 Å². The summed E-state index contributed by atoms with van der Waals surface area (Å²) in [6.07, 6.45) is 5.50. The van der Waals surface area contributed by atoms with Crippen LogP contribution in [-0.4, -0.2) is 44.5 Å². The van der Waals surface area contributed by atoms with Crippen molar-refractivity contribution in [3.8, 4) is 16.9 Å². The first-order chi connectivity index (χ1) is 19.8. The molecule has 41 heavy (non-hydrogen) atoms. The van der Waals surface area contributed by atoms with Gasteiger partial charge < -0.3 is 10.2 Å². The van der Waals surface area contributed by atoms with Gasteiger partial charge in [0.15, 0.2) is 0 Å². The van der Waals surface area contributed by atoms with E-state index in [9.17, 15) is 24.1 Å². The van der Waals surface area contributed by atoms with Gasteiger partial charge in [0.2, 0.25) is 11.8 Å². The number of nitrogens with zero attached hydrogens (tertiary/aromatic N) is 4. The lowest BCUT2D eigenvalue weighted by molar-refractivity contribution is -0.384. The van der Waals surface area contributed by atoms with Crippen LogP contribution in [0.2, 0.25) is 0 Å². The number of nitro groups is 1. The summed E-state index contributed by atoms with van der Waals surface area (Å²) in [5.41, 5.74) is 2.61. The van der Waals surface area contributed by atoms with Crippen LogP contribution < -0.4 is 5.32 Å². The minimum Gasteiger partial charge on any atom is -0.330 e. The standard InChI is InChI=1S/C31H30FN5O4/c1-2-3-7-20-35(31(39)19-12-23-10-15-27(16-11-23)37(40)41)22-30(38)33-29-21-28(24-8-5-4-6-9-24)34-36(29)26-17-13-25(32)14-18-26/h4-6,8-19,21H,2-3,7,20,22H2,1H3,(H,33,38)/b19-12+. The van der Waals surface area contributed by atoms with Gasteiger partial charge >= 0.3 is 0 Å². The molecule has 3 aromatic carbocycles. The minimum absolute atomic E-state index is 0.0401. The van der Waals surface area contributed by atoms with Crippen molar-refractivity contribution in [3.63, 3.8) is 0 Å². The second kappa shape index (κ2) is 13.8. The average molecular weight is 556 g/mol. The molecule has 210 valence electrons. The van der Waals surface area contributed by atoms with Crippen molar-refractivity contribution in [1.29, 1.82) is 0 Å². The maximum atomic E-state index is 13.6. The predicted molar refractivity (Wildman–Crippen MR) is 156 cm³/mol. The van der Waals surface area contributed by atoms with E-state index < -0.39 is 16.6 Å². The number of nitrogens with one attached hydrogen (secondary N) is 1. The minimum atomic E-state index is -0.489. The van der Waals surface area contributed by atoms with E-state index in [0.29, 0.717) is 29.3 Å². The summed E-state index contributed by atoms with van der Waals surface area (Å²) in [5, 5.41) is 18.4. The van der Waals surface area contributed by atoms with Crippen LogP contribution in [-0.2, 0) is 9.59 Å². The van der Waals surface area contributed by atoms with Crippen LogP contribution >= 0.6 is 0 Å². The first kappa shape index (κ1) is 28.9. The maximum absolute atomic E-state index is 13.6. The molecule has 0 saturated carbocycles. The molecule has 0 radical (unpaired) electrons. The zero-order chi connectivity index (χ0) is 29.2. The number of nitro benzene ring substituents is 1. The Morgan fingerprint density at radius 3 is 2.39 bits per heavy atom. The summed E-state index contributed by atoms with van der Waals surface area (Å²) >= 11 is 0. The Morgan fingerprint density at radius 1 is 1.02 bits per heavy atom. The van der Waals surface area contributed by atoms with Gasteiger partial charge in [-0.25, -0.2) is 9.07 Å². The van der Waals surface area contributed by atoms with E-state index in [2.05, 4.69) is 10.4 Å². The molecule has 4 rings (SSSR count). The van der Waals surface area contributed by atoms with Gasteiger partial charge in [0.05, 0.1) is 16.3 Å². The number of carbonyl (C=O) groups is 2. The summed E-state index contributed by atoms with van der Waals surface area (Å²) in [7, 11) is 0. The molecule has 0 bridgehead atoms. The van der Waals surface area contributed by atoms with E-state index in [1.165, 1.54) is 39.9 Å². The first-order valence-electron chi connectivity index (χ1n) is 13.3. The third-order valence-corrected chi connectivity index (χ3v) is 6.32. The van der Waals surface area contributed by atoms with Crippen molar-refractivity contribution in [2.75, 3.05) is 18.4 Å². The lowest BCUT2D eigenvalue weighted by Gasteiger charge is -2.21. The van der Waals surface area contributed by atoms with E-state index in [0.717, 1.165) is 24.8 Å². The highest BCUT2D eigenvalue weighted by molar-refractivity contribution is 5.98. The molecule has 0 fully saturated rings. The number of rotatable bonds is 12. The summed E-state index contributed by atoms with van der Waals surface area (Å²) in [4.78, 5) is 38.2. The van der Waals surface area contributed by atoms with Crippen molar-refractivity contribution >= 4 is 29.4 Å². The number of hydrogen-bond donors (Lipinski definition) is 1. The number of unbranched alkanes of at least 4 members (excludes halogenated alkanes) is 2. The highest BCUT2D eigenvalue weighted by Crippen LogP contribution is 2.25. The molecule has 0 unspecified atom stereocenters. The van der Waals surface area contributed by atoms with Crippen molar-refractivity contribution in [2.24, 2.45) is 0 Å². The monoisotopic (exact) mass is 555 g/mol.